The van der Waals surface area contributed by atoms with Gasteiger partial charge in [0, 0.05) is 6.54 Å². The molecule has 0 aliphatic carbocycles. The van der Waals surface area contributed by atoms with Gasteiger partial charge in [0.05, 0.1) is 12.2 Å². The van der Waals surface area contributed by atoms with Gasteiger partial charge in [-0.2, -0.15) is 0 Å². The molecule has 2 rings (SSSR count). The van der Waals surface area contributed by atoms with Crippen molar-refractivity contribution in [3.63, 3.8) is 0 Å². The van der Waals surface area contributed by atoms with Gasteiger partial charge >= 0.3 is 0 Å². The fraction of sp³-hybridized carbons (Fsp3) is 0.381. The van der Waals surface area contributed by atoms with Crippen molar-refractivity contribution in [2.24, 2.45) is 0 Å². The van der Waals surface area contributed by atoms with Crippen LogP contribution in [0.3, 0.4) is 0 Å². The quantitative estimate of drug-likeness (QED) is 0.667. The number of carbonyl (C=O) groups is 1. The lowest BCUT2D eigenvalue weighted by atomic mass is 10.1. The molecule has 2 aromatic rings. The minimum atomic E-state index is -0.0975. The second-order valence-electron chi connectivity index (χ2n) is 6.07. The molecule has 0 unspecified atom stereocenters. The highest BCUT2D eigenvalue weighted by Crippen LogP contribution is 2.18. The van der Waals surface area contributed by atoms with Crippen molar-refractivity contribution in [3.8, 4) is 5.75 Å². The van der Waals surface area contributed by atoms with Gasteiger partial charge in [-0.25, -0.2) is 0 Å². The number of hydrogen-bond acceptors (Lipinski definition) is 2. The fourth-order valence-corrected chi connectivity index (χ4v) is 2.47. The Morgan fingerprint density at radius 1 is 1.00 bits per heavy atom. The van der Waals surface area contributed by atoms with Gasteiger partial charge in [-0.3, -0.25) is 4.79 Å². The first-order chi connectivity index (χ1) is 11.7. The monoisotopic (exact) mass is 325 g/mol. The number of nitrogens with one attached hydrogen (secondary N) is 1. The van der Waals surface area contributed by atoms with Crippen LogP contribution in [0, 0.1) is 6.92 Å². The molecule has 0 saturated heterocycles. The number of unbranched alkanes of at least 4 members (excludes halogenated alkanes) is 3. The highest BCUT2D eigenvalue weighted by molar-refractivity contribution is 5.96. The summed E-state index contributed by atoms with van der Waals surface area (Å²) in [6, 6.07) is 15.6. The molecule has 24 heavy (non-hydrogen) atoms. The molecule has 0 spiro atoms. The molecule has 0 radical (unpaired) electrons. The lowest BCUT2D eigenvalue weighted by Crippen LogP contribution is -2.23. The van der Waals surface area contributed by atoms with Crippen LogP contribution in [-0.2, 0) is 6.54 Å². The van der Waals surface area contributed by atoms with Crippen LogP contribution < -0.4 is 10.1 Å². The van der Waals surface area contributed by atoms with E-state index in [4.69, 9.17) is 4.74 Å². The Morgan fingerprint density at radius 2 is 1.75 bits per heavy atom. The molecule has 1 N–H and O–H groups in total. The third-order valence-corrected chi connectivity index (χ3v) is 3.96. The summed E-state index contributed by atoms with van der Waals surface area (Å²) in [6.07, 6.45) is 4.62. The largest absolute Gasteiger partial charge is 0.493 e. The Morgan fingerprint density at radius 3 is 2.50 bits per heavy atom. The first kappa shape index (κ1) is 18.1. The topological polar surface area (TPSA) is 38.3 Å². The van der Waals surface area contributed by atoms with E-state index in [0.717, 1.165) is 18.4 Å². The molecule has 0 saturated carbocycles. The molecule has 0 heterocycles. The van der Waals surface area contributed by atoms with E-state index in [9.17, 15) is 4.79 Å². The Kier molecular flexibility index (Phi) is 7.34. The van der Waals surface area contributed by atoms with Gasteiger partial charge in [0.25, 0.3) is 5.91 Å². The number of para-hydroxylation sites is 1. The van der Waals surface area contributed by atoms with E-state index < -0.39 is 0 Å². The van der Waals surface area contributed by atoms with E-state index in [-0.39, 0.29) is 5.91 Å². The Bertz CT molecular complexity index is 635. The highest BCUT2D eigenvalue weighted by atomic mass is 16.5. The van der Waals surface area contributed by atoms with E-state index in [2.05, 4.69) is 31.3 Å². The first-order valence-electron chi connectivity index (χ1n) is 8.76. The van der Waals surface area contributed by atoms with E-state index in [1.807, 2.05) is 36.4 Å². The van der Waals surface area contributed by atoms with Gasteiger partial charge < -0.3 is 10.1 Å². The van der Waals surface area contributed by atoms with Gasteiger partial charge in [0.1, 0.15) is 5.75 Å². The van der Waals surface area contributed by atoms with Crippen LogP contribution in [0.4, 0.5) is 0 Å². The molecule has 1 amide bonds. The predicted octanol–water partition coefficient (Wildman–Crippen LogP) is 4.88. The summed E-state index contributed by atoms with van der Waals surface area (Å²) in [5.74, 6) is 0.565. The number of hydrogen-bond donors (Lipinski definition) is 1. The van der Waals surface area contributed by atoms with Gasteiger partial charge in [-0.15, -0.1) is 0 Å². The van der Waals surface area contributed by atoms with Gasteiger partial charge in [0.15, 0.2) is 0 Å². The molecule has 0 aliphatic heterocycles. The summed E-state index contributed by atoms with van der Waals surface area (Å²) in [5, 5.41) is 2.97. The van der Waals surface area contributed by atoms with Crippen LogP contribution in [0.2, 0.25) is 0 Å². The lowest BCUT2D eigenvalue weighted by molar-refractivity contribution is 0.0946. The minimum absolute atomic E-state index is 0.0975. The number of benzene rings is 2. The fourth-order valence-electron chi connectivity index (χ4n) is 2.47. The number of carbonyl (C=O) groups excluding carboxylic acids is 1. The van der Waals surface area contributed by atoms with E-state index >= 15 is 0 Å². The van der Waals surface area contributed by atoms with Crippen molar-refractivity contribution >= 4 is 5.91 Å². The third-order valence-electron chi connectivity index (χ3n) is 3.96. The molecule has 0 aromatic heterocycles. The summed E-state index contributed by atoms with van der Waals surface area (Å²) >= 11 is 0. The molecule has 0 atom stereocenters. The zero-order chi connectivity index (χ0) is 17.2. The standard InChI is InChI=1S/C21H27NO2/c1-3-4-5-8-15-24-20-10-7-6-9-19(20)21(23)22-16-18-13-11-17(2)12-14-18/h6-7,9-14H,3-5,8,15-16H2,1-2H3,(H,22,23). The van der Waals surface area contributed by atoms with Crippen molar-refractivity contribution in [3.05, 3.63) is 65.2 Å². The Balaban J connectivity index is 1.90. The summed E-state index contributed by atoms with van der Waals surface area (Å²) in [4.78, 5) is 12.4. The predicted molar refractivity (Wildman–Crippen MR) is 98.4 cm³/mol. The molecular weight excluding hydrogens is 298 g/mol. The maximum absolute atomic E-state index is 12.4. The van der Waals surface area contributed by atoms with Crippen LogP contribution in [0.15, 0.2) is 48.5 Å². The number of rotatable bonds is 9. The molecule has 3 nitrogen and oxygen atoms in total. The van der Waals surface area contributed by atoms with Crippen LogP contribution >= 0.6 is 0 Å². The summed E-state index contributed by atoms with van der Waals surface area (Å²) in [5.41, 5.74) is 2.90. The van der Waals surface area contributed by atoms with Crippen molar-refractivity contribution in [2.45, 2.75) is 46.1 Å². The average molecular weight is 325 g/mol. The number of aryl methyl sites for hydroxylation is 1. The van der Waals surface area contributed by atoms with Crippen molar-refractivity contribution in [1.29, 1.82) is 0 Å². The Labute approximate surface area is 145 Å². The van der Waals surface area contributed by atoms with Crippen molar-refractivity contribution < 1.29 is 9.53 Å². The SMILES string of the molecule is CCCCCCOc1ccccc1C(=O)NCc1ccc(C)cc1. The zero-order valence-corrected chi connectivity index (χ0v) is 14.7. The van der Waals surface area contributed by atoms with E-state index in [1.165, 1.54) is 18.4 Å². The maximum atomic E-state index is 12.4. The molecule has 3 heteroatoms. The molecule has 2 aromatic carbocycles. The van der Waals surface area contributed by atoms with Crippen molar-refractivity contribution in [1.82, 2.24) is 5.32 Å². The molecular formula is C21H27NO2. The summed E-state index contributed by atoms with van der Waals surface area (Å²) < 4.78 is 5.81. The minimum Gasteiger partial charge on any atom is -0.493 e. The third kappa shape index (κ3) is 5.73. The van der Waals surface area contributed by atoms with Crippen LogP contribution in [0.5, 0.6) is 5.75 Å². The zero-order valence-electron chi connectivity index (χ0n) is 14.7. The van der Waals surface area contributed by atoms with E-state index in [1.54, 1.807) is 0 Å². The average Bonchev–Trinajstić information content (AvgIpc) is 2.61. The molecule has 0 aliphatic rings. The smallest absolute Gasteiger partial charge is 0.255 e. The molecule has 0 bridgehead atoms. The number of ether oxygens (including phenoxy) is 1. The normalized spacial score (nSPS) is 10.4. The second kappa shape index (κ2) is 9.76. The van der Waals surface area contributed by atoms with Crippen molar-refractivity contribution in [2.75, 3.05) is 6.61 Å². The maximum Gasteiger partial charge on any atom is 0.255 e. The molecule has 0 fully saturated rings. The van der Waals surface area contributed by atoms with Gasteiger partial charge in [-0.05, 0) is 31.0 Å². The highest BCUT2D eigenvalue weighted by Gasteiger charge is 2.11. The van der Waals surface area contributed by atoms with Crippen LogP contribution in [0.25, 0.3) is 0 Å². The summed E-state index contributed by atoms with van der Waals surface area (Å²) in [6.45, 7) is 5.41. The van der Waals surface area contributed by atoms with E-state index in [0.29, 0.717) is 24.5 Å². The first-order valence-corrected chi connectivity index (χ1v) is 8.76. The van der Waals surface area contributed by atoms with Gasteiger partial charge in [0.2, 0.25) is 0 Å². The summed E-state index contributed by atoms with van der Waals surface area (Å²) in [7, 11) is 0. The van der Waals surface area contributed by atoms with Crippen LogP contribution in [-0.4, -0.2) is 12.5 Å². The second-order valence-corrected chi connectivity index (χ2v) is 6.07. The van der Waals surface area contributed by atoms with Gasteiger partial charge in [-0.1, -0.05) is 68.1 Å². The Hall–Kier alpha value is -2.29. The molecule has 128 valence electrons. The van der Waals surface area contributed by atoms with Crippen LogP contribution in [0.1, 0.15) is 54.1 Å². The lowest BCUT2D eigenvalue weighted by Gasteiger charge is -2.12. The number of amides is 1.